The molecular formula is C6H7N5. The molecule has 0 aromatic carbocycles. The van der Waals surface area contributed by atoms with Crippen molar-refractivity contribution in [2.75, 3.05) is 5.43 Å². The number of nitrogens with two attached hydrogens (primary N) is 1. The minimum atomic E-state index is 0.621. The third-order valence-corrected chi connectivity index (χ3v) is 1.40. The highest BCUT2D eigenvalue weighted by Gasteiger charge is 1.94. The number of fused-ring (bicyclic) bond motifs is 1. The van der Waals surface area contributed by atoms with Crippen molar-refractivity contribution >= 4 is 11.5 Å². The number of imidazole rings is 1. The molecule has 5 nitrogen and oxygen atoms in total. The summed E-state index contributed by atoms with van der Waals surface area (Å²) in [6.45, 7) is 0. The average Bonchev–Trinajstić information content (AvgIpc) is 2.50. The molecule has 11 heavy (non-hydrogen) atoms. The van der Waals surface area contributed by atoms with E-state index in [1.165, 1.54) is 0 Å². The number of hydrogen-bond donors (Lipinski definition) is 2. The van der Waals surface area contributed by atoms with Crippen molar-refractivity contribution in [2.24, 2.45) is 5.84 Å². The van der Waals surface area contributed by atoms with Crippen LogP contribution in [0.1, 0.15) is 0 Å². The topological polar surface area (TPSA) is 68.2 Å². The van der Waals surface area contributed by atoms with Gasteiger partial charge in [0.2, 0.25) is 0 Å². The third-order valence-electron chi connectivity index (χ3n) is 1.40. The number of hydrazine groups is 1. The normalized spacial score (nSPS) is 10.3. The largest absolute Gasteiger partial charge is 0.307 e. The molecule has 0 bridgehead atoms. The lowest BCUT2D eigenvalue weighted by Gasteiger charge is -1.97. The molecule has 0 saturated carbocycles. The fraction of sp³-hybridized carbons (Fsp3) is 0. The Morgan fingerprint density at radius 1 is 1.45 bits per heavy atom. The van der Waals surface area contributed by atoms with Gasteiger partial charge in [-0.3, -0.25) is 0 Å². The zero-order valence-electron chi connectivity index (χ0n) is 5.73. The number of nitrogens with zero attached hydrogens (tertiary/aromatic N) is 3. The van der Waals surface area contributed by atoms with Crippen LogP contribution < -0.4 is 11.3 Å². The molecule has 2 aromatic rings. The van der Waals surface area contributed by atoms with Crippen molar-refractivity contribution in [2.45, 2.75) is 0 Å². The van der Waals surface area contributed by atoms with E-state index in [2.05, 4.69) is 15.5 Å². The lowest BCUT2D eigenvalue weighted by atomic mass is 10.5. The predicted octanol–water partition coefficient (Wildman–Crippen LogP) is 0.0149. The highest BCUT2D eigenvalue weighted by molar-refractivity contribution is 5.43. The van der Waals surface area contributed by atoms with E-state index in [1.54, 1.807) is 23.0 Å². The molecule has 5 heteroatoms. The van der Waals surface area contributed by atoms with Crippen LogP contribution in [-0.4, -0.2) is 14.6 Å². The SMILES string of the molecule is NNc1ccc2nccn2n1. The van der Waals surface area contributed by atoms with Gasteiger partial charge in [0.05, 0.1) is 0 Å². The molecule has 0 spiro atoms. The van der Waals surface area contributed by atoms with Crippen LogP contribution in [0.4, 0.5) is 5.82 Å². The zero-order valence-corrected chi connectivity index (χ0v) is 5.73. The van der Waals surface area contributed by atoms with Crippen LogP contribution in [0.15, 0.2) is 24.5 Å². The van der Waals surface area contributed by atoms with E-state index in [0.29, 0.717) is 5.82 Å². The Kier molecular flexibility index (Phi) is 1.23. The van der Waals surface area contributed by atoms with Crippen LogP contribution >= 0.6 is 0 Å². The maximum Gasteiger partial charge on any atom is 0.161 e. The van der Waals surface area contributed by atoms with Gasteiger partial charge in [0, 0.05) is 12.4 Å². The minimum absolute atomic E-state index is 0.621. The number of aromatic nitrogens is 3. The monoisotopic (exact) mass is 149 g/mol. The number of hydrogen-bond acceptors (Lipinski definition) is 4. The summed E-state index contributed by atoms with van der Waals surface area (Å²) in [5.74, 6) is 5.78. The van der Waals surface area contributed by atoms with E-state index in [4.69, 9.17) is 5.84 Å². The van der Waals surface area contributed by atoms with Gasteiger partial charge in [-0.25, -0.2) is 15.3 Å². The number of anilines is 1. The summed E-state index contributed by atoms with van der Waals surface area (Å²) < 4.78 is 1.65. The summed E-state index contributed by atoms with van der Waals surface area (Å²) in [7, 11) is 0. The van der Waals surface area contributed by atoms with Crippen LogP contribution in [0.5, 0.6) is 0 Å². The first-order valence-electron chi connectivity index (χ1n) is 3.17. The molecule has 3 N–H and O–H groups in total. The molecule has 2 aromatic heterocycles. The van der Waals surface area contributed by atoms with E-state index in [9.17, 15) is 0 Å². The molecule has 0 aliphatic rings. The summed E-state index contributed by atoms with van der Waals surface area (Å²) in [6, 6.07) is 3.60. The predicted molar refractivity (Wildman–Crippen MR) is 40.8 cm³/mol. The van der Waals surface area contributed by atoms with Gasteiger partial charge in [-0.15, -0.1) is 5.10 Å². The van der Waals surface area contributed by atoms with Gasteiger partial charge >= 0.3 is 0 Å². The number of rotatable bonds is 1. The van der Waals surface area contributed by atoms with Crippen molar-refractivity contribution in [1.82, 2.24) is 14.6 Å². The molecule has 0 unspecified atom stereocenters. The molecule has 0 fully saturated rings. The van der Waals surface area contributed by atoms with E-state index in [-0.39, 0.29) is 0 Å². The fourth-order valence-electron chi connectivity index (χ4n) is 0.892. The van der Waals surface area contributed by atoms with Gasteiger partial charge in [-0.1, -0.05) is 0 Å². The lowest BCUT2D eigenvalue weighted by Crippen LogP contribution is -2.09. The standard InChI is InChI=1S/C6H7N5/c7-9-5-1-2-6-8-3-4-11(6)10-5/h1-4H,7H2,(H,9,10). The van der Waals surface area contributed by atoms with E-state index >= 15 is 0 Å². The first-order valence-corrected chi connectivity index (χ1v) is 3.17. The van der Waals surface area contributed by atoms with E-state index in [0.717, 1.165) is 5.65 Å². The number of nitrogens with one attached hydrogen (secondary N) is 1. The second kappa shape index (κ2) is 2.21. The molecule has 2 rings (SSSR count). The smallest absolute Gasteiger partial charge is 0.161 e. The highest BCUT2D eigenvalue weighted by atomic mass is 15.3. The van der Waals surface area contributed by atoms with Crippen LogP contribution in [0, 0.1) is 0 Å². The third kappa shape index (κ3) is 0.908. The van der Waals surface area contributed by atoms with Crippen molar-refractivity contribution in [1.29, 1.82) is 0 Å². The Morgan fingerprint density at radius 2 is 2.36 bits per heavy atom. The fourth-order valence-corrected chi connectivity index (χ4v) is 0.892. The van der Waals surface area contributed by atoms with Crippen LogP contribution in [-0.2, 0) is 0 Å². The Bertz CT molecular complexity index is 366. The second-order valence-corrected chi connectivity index (χ2v) is 2.09. The summed E-state index contributed by atoms with van der Waals surface area (Å²) in [4.78, 5) is 4.03. The van der Waals surface area contributed by atoms with Crippen LogP contribution in [0.2, 0.25) is 0 Å². The molecule has 0 saturated heterocycles. The average molecular weight is 149 g/mol. The molecular weight excluding hydrogens is 142 g/mol. The Labute approximate surface area is 62.8 Å². The van der Waals surface area contributed by atoms with Gasteiger partial charge in [-0.05, 0) is 12.1 Å². The maximum absolute atomic E-state index is 5.16. The zero-order chi connectivity index (χ0) is 7.68. The van der Waals surface area contributed by atoms with E-state index in [1.807, 2.05) is 6.07 Å². The Morgan fingerprint density at radius 3 is 3.18 bits per heavy atom. The lowest BCUT2D eigenvalue weighted by molar-refractivity contribution is 0.933. The molecule has 2 heterocycles. The summed E-state index contributed by atoms with van der Waals surface area (Å²) in [6.07, 6.45) is 3.44. The van der Waals surface area contributed by atoms with Crippen molar-refractivity contribution in [3.05, 3.63) is 24.5 Å². The van der Waals surface area contributed by atoms with Gasteiger partial charge in [0.1, 0.15) is 0 Å². The molecule has 0 aliphatic heterocycles. The Balaban J connectivity index is 2.67. The minimum Gasteiger partial charge on any atom is -0.307 e. The van der Waals surface area contributed by atoms with E-state index < -0.39 is 0 Å². The van der Waals surface area contributed by atoms with Crippen molar-refractivity contribution in [3.63, 3.8) is 0 Å². The number of nitrogen functional groups attached to an aromatic ring is 1. The molecule has 0 amide bonds. The first kappa shape index (κ1) is 6.11. The highest BCUT2D eigenvalue weighted by Crippen LogP contribution is 2.02. The molecule has 56 valence electrons. The molecule has 0 radical (unpaired) electrons. The Hall–Kier alpha value is -1.62. The molecule has 0 aliphatic carbocycles. The summed E-state index contributed by atoms with van der Waals surface area (Å²) >= 11 is 0. The summed E-state index contributed by atoms with van der Waals surface area (Å²) in [5, 5.41) is 4.07. The summed E-state index contributed by atoms with van der Waals surface area (Å²) in [5.41, 5.74) is 3.26. The van der Waals surface area contributed by atoms with Crippen molar-refractivity contribution < 1.29 is 0 Å². The quantitative estimate of drug-likeness (QED) is 0.443. The van der Waals surface area contributed by atoms with Gasteiger partial charge in [-0.2, -0.15) is 0 Å². The van der Waals surface area contributed by atoms with Gasteiger partial charge < -0.3 is 5.43 Å². The van der Waals surface area contributed by atoms with Gasteiger partial charge in [0.15, 0.2) is 11.5 Å². The first-order chi connectivity index (χ1) is 5.40. The second-order valence-electron chi connectivity index (χ2n) is 2.09. The maximum atomic E-state index is 5.16. The van der Waals surface area contributed by atoms with Crippen molar-refractivity contribution in [3.8, 4) is 0 Å². The van der Waals surface area contributed by atoms with Crippen LogP contribution in [0.25, 0.3) is 5.65 Å². The van der Waals surface area contributed by atoms with Crippen LogP contribution in [0.3, 0.4) is 0 Å². The molecule has 0 atom stereocenters. The van der Waals surface area contributed by atoms with Gasteiger partial charge in [0.25, 0.3) is 0 Å².